The van der Waals surface area contributed by atoms with E-state index < -0.39 is 11.9 Å². The number of hydrogen-bond donors (Lipinski definition) is 2. The fourth-order valence-electron chi connectivity index (χ4n) is 2.53. The normalized spacial score (nSPS) is 10.8. The predicted octanol–water partition coefficient (Wildman–Crippen LogP) is 1.59. The van der Waals surface area contributed by atoms with Crippen molar-refractivity contribution in [3.8, 4) is 35.7 Å². The molecule has 2 rings (SSSR count). The third-order valence-electron chi connectivity index (χ3n) is 4.33. The summed E-state index contributed by atoms with van der Waals surface area (Å²) in [5.74, 6) is 9.54. The molecule has 8 nitrogen and oxygen atoms in total. The molecular weight excluding hydrogens is 384 g/mol. The number of terminal acetylenes is 1. The number of imidazole rings is 1. The molecule has 0 aliphatic rings. The predicted molar refractivity (Wildman–Crippen MR) is 114 cm³/mol. The van der Waals surface area contributed by atoms with Crippen LogP contribution in [0.5, 0.6) is 11.5 Å². The Bertz CT molecular complexity index is 1050. The number of nitrogens with one attached hydrogen (secondary N) is 2. The summed E-state index contributed by atoms with van der Waals surface area (Å²) in [6.07, 6.45) is 5.22. The van der Waals surface area contributed by atoms with Gasteiger partial charge in [-0.1, -0.05) is 11.8 Å². The highest BCUT2D eigenvalue weighted by Gasteiger charge is 2.22. The third kappa shape index (κ3) is 5.12. The highest BCUT2D eigenvalue weighted by atomic mass is 16.5. The van der Waals surface area contributed by atoms with Crippen molar-refractivity contribution in [3.63, 3.8) is 0 Å². The smallest absolute Gasteiger partial charge is 0.272 e. The minimum absolute atomic E-state index is 0.0678. The highest BCUT2D eigenvalue weighted by molar-refractivity contribution is 5.98. The van der Waals surface area contributed by atoms with Crippen LogP contribution in [0.1, 0.15) is 35.7 Å². The Morgan fingerprint density at radius 3 is 2.53 bits per heavy atom. The Balaban J connectivity index is 2.45. The van der Waals surface area contributed by atoms with Gasteiger partial charge in [0, 0.05) is 12.6 Å². The Labute approximate surface area is 176 Å². The Morgan fingerprint density at radius 1 is 1.23 bits per heavy atom. The molecule has 1 heterocycles. The highest BCUT2D eigenvalue weighted by Crippen LogP contribution is 2.27. The van der Waals surface area contributed by atoms with Crippen molar-refractivity contribution >= 4 is 17.5 Å². The maximum Gasteiger partial charge on any atom is 0.272 e. The van der Waals surface area contributed by atoms with E-state index in [1.807, 2.05) is 0 Å². The van der Waals surface area contributed by atoms with E-state index in [0.29, 0.717) is 22.9 Å². The lowest BCUT2D eigenvalue weighted by Gasteiger charge is -2.11. The number of carbonyl (C=O) groups is 2. The number of rotatable bonds is 7. The van der Waals surface area contributed by atoms with Gasteiger partial charge in [0.05, 0.1) is 26.8 Å². The van der Waals surface area contributed by atoms with Gasteiger partial charge in [0.2, 0.25) is 0 Å². The molecular formula is C22H24N4O4. The first kappa shape index (κ1) is 22.4. The van der Waals surface area contributed by atoms with Crippen molar-refractivity contribution in [2.45, 2.75) is 19.9 Å². The lowest BCUT2D eigenvalue weighted by atomic mass is 10.2. The number of aromatic nitrogens is 2. The zero-order valence-electron chi connectivity index (χ0n) is 17.6. The van der Waals surface area contributed by atoms with Gasteiger partial charge in [-0.25, -0.2) is 4.98 Å². The van der Waals surface area contributed by atoms with Crippen LogP contribution in [-0.2, 0) is 11.8 Å². The summed E-state index contributed by atoms with van der Waals surface area (Å²) in [4.78, 5) is 28.6. The molecule has 0 radical (unpaired) electrons. The molecule has 0 spiro atoms. The van der Waals surface area contributed by atoms with Crippen molar-refractivity contribution in [2.24, 2.45) is 7.05 Å². The number of ether oxygens (including phenoxy) is 2. The topological polar surface area (TPSA) is 94.5 Å². The van der Waals surface area contributed by atoms with E-state index in [9.17, 15) is 9.59 Å². The number of nitrogens with zero attached hydrogens (tertiary/aromatic N) is 2. The second-order valence-corrected chi connectivity index (χ2v) is 6.37. The average Bonchev–Trinajstić information content (AvgIpc) is 3.04. The summed E-state index contributed by atoms with van der Waals surface area (Å²) >= 11 is 0. The number of carbonyl (C=O) groups excluding carboxylic acids is 2. The van der Waals surface area contributed by atoms with Crippen LogP contribution in [0.25, 0.3) is 0 Å². The molecule has 1 amide bonds. The fraction of sp³-hybridized carbons (Fsp3) is 0.318. The van der Waals surface area contributed by atoms with E-state index in [1.54, 1.807) is 51.0 Å². The van der Waals surface area contributed by atoms with Crippen LogP contribution in [-0.4, -0.2) is 48.0 Å². The quantitative estimate of drug-likeness (QED) is 0.676. The summed E-state index contributed by atoms with van der Waals surface area (Å²) in [6.45, 7) is 3.21. The summed E-state index contributed by atoms with van der Waals surface area (Å²) in [5, 5.41) is 5.57. The minimum atomic E-state index is -0.522. The number of methoxy groups -OCH3 is 2. The molecule has 0 saturated heterocycles. The summed E-state index contributed by atoms with van der Waals surface area (Å²) in [5.41, 5.74) is 0.913. The van der Waals surface area contributed by atoms with Gasteiger partial charge in [0.15, 0.2) is 34.6 Å². The maximum atomic E-state index is 12.6. The van der Waals surface area contributed by atoms with E-state index in [1.165, 1.54) is 6.92 Å². The van der Waals surface area contributed by atoms with Gasteiger partial charge in [0.1, 0.15) is 0 Å². The molecule has 0 bridgehead atoms. The largest absolute Gasteiger partial charge is 0.493 e. The summed E-state index contributed by atoms with van der Waals surface area (Å²) < 4.78 is 12.1. The third-order valence-corrected chi connectivity index (χ3v) is 4.33. The van der Waals surface area contributed by atoms with E-state index >= 15 is 0 Å². The van der Waals surface area contributed by atoms with Gasteiger partial charge in [-0.2, -0.15) is 0 Å². The number of hydrogen-bond acceptors (Lipinski definition) is 6. The van der Waals surface area contributed by atoms with Crippen molar-refractivity contribution in [1.82, 2.24) is 14.9 Å². The van der Waals surface area contributed by atoms with Gasteiger partial charge >= 0.3 is 0 Å². The molecule has 30 heavy (non-hydrogen) atoms. The number of Topliss-reactive ketones (excluding diaryl/α,β-unsaturated/α-hetero) is 1. The molecule has 0 fully saturated rings. The van der Waals surface area contributed by atoms with Gasteiger partial charge < -0.3 is 24.7 Å². The molecule has 156 valence electrons. The van der Waals surface area contributed by atoms with E-state index in [4.69, 9.17) is 15.9 Å². The molecule has 1 unspecified atom stereocenters. The SMILES string of the molecule is C#CCNC(=O)c1c(NC(C)C(C)=O)nc(C#Cc2ccc(OC)c(OC)c2)n1C. The van der Waals surface area contributed by atoms with Crippen LogP contribution in [0.15, 0.2) is 18.2 Å². The first-order chi connectivity index (χ1) is 14.3. The standard InChI is InChI=1S/C22H24N4O4/c1-7-12-23-22(28)20-21(24-14(2)15(3)27)25-19(26(20)4)11-9-16-8-10-17(29-5)18(13-16)30-6/h1,8,10,13-14,24H,12H2,2-6H3,(H,23,28). The summed E-state index contributed by atoms with van der Waals surface area (Å²) in [6, 6.07) is 4.76. The molecule has 2 N–H and O–H groups in total. The van der Waals surface area contributed by atoms with Crippen LogP contribution in [0, 0.1) is 24.2 Å². The van der Waals surface area contributed by atoms with Gasteiger partial charge in [0.25, 0.3) is 5.91 Å². The monoisotopic (exact) mass is 408 g/mol. The Morgan fingerprint density at radius 2 is 1.93 bits per heavy atom. The zero-order chi connectivity index (χ0) is 22.3. The van der Waals surface area contributed by atoms with Crippen LogP contribution < -0.4 is 20.1 Å². The minimum Gasteiger partial charge on any atom is -0.493 e. The van der Waals surface area contributed by atoms with Gasteiger partial charge in [-0.15, -0.1) is 6.42 Å². The fourth-order valence-corrected chi connectivity index (χ4v) is 2.53. The molecule has 2 aromatic rings. The van der Waals surface area contributed by atoms with Crippen LogP contribution >= 0.6 is 0 Å². The zero-order valence-corrected chi connectivity index (χ0v) is 17.6. The lowest BCUT2D eigenvalue weighted by Crippen LogP contribution is -2.29. The maximum absolute atomic E-state index is 12.6. The molecule has 1 aromatic carbocycles. The van der Waals surface area contributed by atoms with E-state index in [0.717, 1.165) is 0 Å². The molecule has 0 aliphatic heterocycles. The molecule has 0 aliphatic carbocycles. The molecule has 1 aromatic heterocycles. The number of anilines is 1. The second-order valence-electron chi connectivity index (χ2n) is 6.37. The molecule has 0 saturated carbocycles. The van der Waals surface area contributed by atoms with E-state index in [-0.39, 0.29) is 23.8 Å². The lowest BCUT2D eigenvalue weighted by molar-refractivity contribution is -0.117. The number of amides is 1. The van der Waals surface area contributed by atoms with Crippen LogP contribution in [0.4, 0.5) is 5.82 Å². The second kappa shape index (κ2) is 10.0. The van der Waals surface area contributed by atoms with Crippen molar-refractivity contribution in [1.29, 1.82) is 0 Å². The molecule has 1 atom stereocenters. The average molecular weight is 408 g/mol. The van der Waals surface area contributed by atoms with Crippen LogP contribution in [0.3, 0.4) is 0 Å². The first-order valence-electron chi connectivity index (χ1n) is 9.11. The van der Waals surface area contributed by atoms with Crippen molar-refractivity contribution in [2.75, 3.05) is 26.1 Å². The Hall–Kier alpha value is -3.91. The number of benzene rings is 1. The van der Waals surface area contributed by atoms with E-state index in [2.05, 4.69) is 33.4 Å². The summed E-state index contributed by atoms with van der Waals surface area (Å²) in [7, 11) is 4.77. The van der Waals surface area contributed by atoms with Crippen molar-refractivity contribution < 1.29 is 19.1 Å². The number of ketones is 1. The van der Waals surface area contributed by atoms with Crippen LogP contribution in [0.2, 0.25) is 0 Å². The van der Waals surface area contributed by atoms with Gasteiger partial charge in [-0.05, 0) is 38.0 Å². The molecule has 8 heteroatoms. The van der Waals surface area contributed by atoms with Gasteiger partial charge in [-0.3, -0.25) is 9.59 Å². The Kier molecular flexibility index (Phi) is 7.49. The van der Waals surface area contributed by atoms with Crippen molar-refractivity contribution in [3.05, 3.63) is 35.3 Å². The first-order valence-corrected chi connectivity index (χ1v) is 9.11.